The summed E-state index contributed by atoms with van der Waals surface area (Å²) in [6.07, 6.45) is 1.71. The van der Waals surface area contributed by atoms with Gasteiger partial charge in [-0.05, 0) is 82.7 Å². The van der Waals surface area contributed by atoms with Gasteiger partial charge in [-0.3, -0.25) is 9.59 Å². The first-order chi connectivity index (χ1) is 15.5. The normalized spacial score (nSPS) is 14.8. The highest BCUT2D eigenvalue weighted by molar-refractivity contribution is 14.1. The van der Waals surface area contributed by atoms with Crippen LogP contribution in [0.5, 0.6) is 11.5 Å². The minimum Gasteiger partial charge on any atom is -0.493 e. The number of carbonyl (C=O) groups is 2. The van der Waals surface area contributed by atoms with Crippen LogP contribution in [0, 0.1) is 10.5 Å². The molecule has 0 radical (unpaired) electrons. The maximum atomic E-state index is 12.9. The van der Waals surface area contributed by atoms with E-state index in [9.17, 15) is 9.59 Å². The molecule has 2 amide bonds. The van der Waals surface area contributed by atoms with Gasteiger partial charge in [-0.1, -0.05) is 48.0 Å². The van der Waals surface area contributed by atoms with Gasteiger partial charge in [0.15, 0.2) is 11.5 Å². The molecule has 1 fully saturated rings. The smallest absolute Gasteiger partial charge is 0.298 e. The Bertz CT molecular complexity index is 1190. The van der Waals surface area contributed by atoms with Crippen LogP contribution in [-0.2, 0) is 11.4 Å². The third-order valence-electron chi connectivity index (χ3n) is 4.86. The number of halogens is 1. The summed E-state index contributed by atoms with van der Waals surface area (Å²) in [5.74, 6) is 0.876. The van der Waals surface area contributed by atoms with Crippen molar-refractivity contribution in [3.05, 3.63) is 91.9 Å². The number of thioether (sulfide) groups is 1. The van der Waals surface area contributed by atoms with Crippen LogP contribution >= 0.6 is 34.4 Å². The maximum absolute atomic E-state index is 12.9. The number of aryl methyl sites for hydroxylation is 1. The van der Waals surface area contributed by atoms with Crippen LogP contribution in [0.15, 0.2) is 71.6 Å². The zero-order chi connectivity index (χ0) is 22.7. The second-order valence-corrected chi connectivity index (χ2v) is 9.32. The molecule has 3 aromatic carbocycles. The van der Waals surface area contributed by atoms with E-state index in [2.05, 4.69) is 22.6 Å². The molecule has 1 aliphatic heterocycles. The van der Waals surface area contributed by atoms with E-state index in [1.807, 2.05) is 49.4 Å². The number of ether oxygens (including phenoxy) is 2. The fourth-order valence-electron chi connectivity index (χ4n) is 3.22. The van der Waals surface area contributed by atoms with E-state index in [0.29, 0.717) is 28.7 Å². The van der Waals surface area contributed by atoms with Gasteiger partial charge in [0.05, 0.1) is 21.3 Å². The van der Waals surface area contributed by atoms with Crippen LogP contribution in [0.25, 0.3) is 6.08 Å². The minimum atomic E-state index is -0.333. The van der Waals surface area contributed by atoms with Crippen molar-refractivity contribution in [1.82, 2.24) is 0 Å². The molecule has 3 aromatic rings. The van der Waals surface area contributed by atoms with E-state index in [0.717, 1.165) is 26.5 Å². The summed E-state index contributed by atoms with van der Waals surface area (Å²) in [5.41, 5.74) is 3.58. The quantitative estimate of drug-likeness (QED) is 0.259. The number of amides is 2. The Kier molecular flexibility index (Phi) is 6.86. The molecular weight excluding hydrogens is 537 g/mol. The van der Waals surface area contributed by atoms with Crippen molar-refractivity contribution in [3.63, 3.8) is 0 Å². The monoisotopic (exact) mass is 557 g/mol. The van der Waals surface area contributed by atoms with E-state index in [-0.39, 0.29) is 11.1 Å². The SMILES string of the molecule is COc1cc(/C=C2\SC(=O)N(c3ccccc3)C2=O)cc(I)c1OCc1ccc(C)cc1. The van der Waals surface area contributed by atoms with E-state index in [4.69, 9.17) is 9.47 Å². The van der Waals surface area contributed by atoms with Crippen molar-refractivity contribution in [2.45, 2.75) is 13.5 Å². The molecule has 7 heteroatoms. The van der Waals surface area contributed by atoms with Crippen LogP contribution in [-0.4, -0.2) is 18.3 Å². The molecule has 1 aliphatic rings. The van der Waals surface area contributed by atoms with E-state index < -0.39 is 0 Å². The summed E-state index contributed by atoms with van der Waals surface area (Å²) in [6, 6.07) is 20.8. The molecule has 4 rings (SSSR count). The van der Waals surface area contributed by atoms with Crippen molar-refractivity contribution in [2.24, 2.45) is 0 Å². The average Bonchev–Trinajstić information content (AvgIpc) is 3.07. The van der Waals surface area contributed by atoms with Crippen molar-refractivity contribution in [2.75, 3.05) is 12.0 Å². The van der Waals surface area contributed by atoms with Gasteiger partial charge in [0.25, 0.3) is 11.1 Å². The molecule has 0 aliphatic carbocycles. The summed E-state index contributed by atoms with van der Waals surface area (Å²) >= 11 is 3.12. The highest BCUT2D eigenvalue weighted by Gasteiger charge is 2.36. The number of imide groups is 1. The van der Waals surface area contributed by atoms with Crippen molar-refractivity contribution >= 4 is 57.3 Å². The van der Waals surface area contributed by atoms with Crippen LogP contribution in [0.1, 0.15) is 16.7 Å². The first-order valence-electron chi connectivity index (χ1n) is 9.85. The van der Waals surface area contributed by atoms with Gasteiger partial charge >= 0.3 is 0 Å². The lowest BCUT2D eigenvalue weighted by atomic mass is 10.1. The van der Waals surface area contributed by atoms with Gasteiger partial charge in [0.1, 0.15) is 6.61 Å². The second-order valence-electron chi connectivity index (χ2n) is 7.16. The number of benzene rings is 3. The molecule has 0 atom stereocenters. The molecule has 0 aromatic heterocycles. The molecule has 0 saturated carbocycles. The standard InChI is InChI=1S/C25H20INO4S/c1-16-8-10-17(11-9-16)15-31-23-20(26)12-18(13-21(23)30-2)14-22-24(28)27(25(29)32-22)19-6-4-3-5-7-19/h3-14H,15H2,1-2H3/b22-14-. The van der Waals surface area contributed by atoms with Gasteiger partial charge in [-0.25, -0.2) is 4.90 Å². The van der Waals surface area contributed by atoms with Crippen LogP contribution in [0.2, 0.25) is 0 Å². The van der Waals surface area contributed by atoms with Gasteiger partial charge in [-0.15, -0.1) is 0 Å². The first kappa shape index (κ1) is 22.4. The number of nitrogens with zero attached hydrogens (tertiary/aromatic N) is 1. The summed E-state index contributed by atoms with van der Waals surface area (Å²) in [7, 11) is 1.58. The molecule has 32 heavy (non-hydrogen) atoms. The Morgan fingerprint density at radius 2 is 1.75 bits per heavy atom. The molecular formula is C25H20INO4S. The Labute approximate surface area is 204 Å². The predicted octanol–water partition coefficient (Wildman–Crippen LogP) is 6.43. The van der Waals surface area contributed by atoms with Gasteiger partial charge < -0.3 is 9.47 Å². The number of hydrogen-bond acceptors (Lipinski definition) is 5. The molecule has 0 spiro atoms. The first-order valence-corrected chi connectivity index (χ1v) is 11.7. The third-order valence-corrected chi connectivity index (χ3v) is 6.53. The van der Waals surface area contributed by atoms with Crippen LogP contribution < -0.4 is 14.4 Å². The van der Waals surface area contributed by atoms with Gasteiger partial charge in [0.2, 0.25) is 0 Å². The highest BCUT2D eigenvalue weighted by atomic mass is 127. The molecule has 162 valence electrons. The van der Waals surface area contributed by atoms with E-state index in [1.54, 1.807) is 37.5 Å². The maximum Gasteiger partial charge on any atom is 0.298 e. The fraction of sp³-hybridized carbons (Fsp3) is 0.120. The average molecular weight is 557 g/mol. The van der Waals surface area contributed by atoms with E-state index in [1.165, 1.54) is 10.5 Å². The zero-order valence-corrected chi connectivity index (χ0v) is 20.5. The van der Waals surface area contributed by atoms with Crippen molar-refractivity contribution < 1.29 is 19.1 Å². The summed E-state index contributed by atoms with van der Waals surface area (Å²) < 4.78 is 12.4. The Hall–Kier alpha value is -2.78. The summed E-state index contributed by atoms with van der Waals surface area (Å²) in [6.45, 7) is 2.46. The second kappa shape index (κ2) is 9.79. The predicted molar refractivity (Wildman–Crippen MR) is 136 cm³/mol. The molecule has 1 saturated heterocycles. The lowest BCUT2D eigenvalue weighted by molar-refractivity contribution is -0.113. The van der Waals surface area contributed by atoms with Crippen molar-refractivity contribution in [3.8, 4) is 11.5 Å². The number of methoxy groups -OCH3 is 1. The van der Waals surface area contributed by atoms with Crippen LogP contribution in [0.4, 0.5) is 10.5 Å². The lowest BCUT2D eigenvalue weighted by Crippen LogP contribution is -2.27. The highest BCUT2D eigenvalue weighted by Crippen LogP contribution is 2.38. The number of anilines is 1. The zero-order valence-electron chi connectivity index (χ0n) is 17.5. The Balaban J connectivity index is 1.57. The molecule has 0 bridgehead atoms. The number of para-hydroxylation sites is 1. The van der Waals surface area contributed by atoms with E-state index >= 15 is 0 Å². The molecule has 1 heterocycles. The molecule has 0 unspecified atom stereocenters. The van der Waals surface area contributed by atoms with Gasteiger partial charge in [-0.2, -0.15) is 0 Å². The molecule has 0 N–H and O–H groups in total. The fourth-order valence-corrected chi connectivity index (χ4v) is 4.84. The van der Waals surface area contributed by atoms with Gasteiger partial charge in [0, 0.05) is 0 Å². The summed E-state index contributed by atoms with van der Waals surface area (Å²) in [4.78, 5) is 26.9. The van der Waals surface area contributed by atoms with Crippen LogP contribution in [0.3, 0.4) is 0 Å². The number of hydrogen-bond donors (Lipinski definition) is 0. The minimum absolute atomic E-state index is 0.313. The van der Waals surface area contributed by atoms with Crippen molar-refractivity contribution in [1.29, 1.82) is 0 Å². The lowest BCUT2D eigenvalue weighted by Gasteiger charge is -2.14. The largest absolute Gasteiger partial charge is 0.493 e. The molecule has 5 nitrogen and oxygen atoms in total. The number of carbonyl (C=O) groups excluding carboxylic acids is 2. The third kappa shape index (κ3) is 4.83. The summed E-state index contributed by atoms with van der Waals surface area (Å²) in [5, 5.41) is -0.313. The Morgan fingerprint density at radius 1 is 1.03 bits per heavy atom. The number of rotatable bonds is 6. The Morgan fingerprint density at radius 3 is 2.44 bits per heavy atom. The topological polar surface area (TPSA) is 55.8 Å².